The molecule has 1 aliphatic rings. The van der Waals surface area contributed by atoms with Crippen molar-refractivity contribution in [2.24, 2.45) is 0 Å². The molecule has 0 aromatic carbocycles. The molecule has 0 aromatic rings. The molecule has 8 nitrogen and oxygen atoms in total. The van der Waals surface area contributed by atoms with E-state index in [-0.39, 0.29) is 0 Å². The maximum Gasteiger partial charge on any atom is 0.339 e. The lowest BCUT2D eigenvalue weighted by atomic mass is 10.4. The Labute approximate surface area is 86.4 Å². The average Bonchev–Trinajstić information content (AvgIpc) is 2.18. The molecule has 0 amide bonds. The summed E-state index contributed by atoms with van der Waals surface area (Å²) in [6.07, 6.45) is -1.59. The van der Waals surface area contributed by atoms with Gasteiger partial charge in [0.05, 0.1) is 7.11 Å². The van der Waals surface area contributed by atoms with Crippen LogP contribution < -0.4 is 0 Å². The molecule has 15 heavy (non-hydrogen) atoms. The molecule has 1 unspecified atom stereocenters. The standard InChI is InChI=1S/C5H8O8S2/c1-11-5(6)4-2-12-14(7,8)3-15(9,10)13-4/h4H,2-3H2,1H3. The van der Waals surface area contributed by atoms with E-state index in [4.69, 9.17) is 0 Å². The Morgan fingerprint density at radius 3 is 2.40 bits per heavy atom. The minimum Gasteiger partial charge on any atom is -0.467 e. The summed E-state index contributed by atoms with van der Waals surface area (Å²) < 4.78 is 56.6. The molecule has 0 aromatic heterocycles. The number of methoxy groups -OCH3 is 1. The highest BCUT2D eigenvalue weighted by Gasteiger charge is 2.36. The lowest BCUT2D eigenvalue weighted by Gasteiger charge is -2.08. The summed E-state index contributed by atoms with van der Waals surface area (Å²) in [5.41, 5.74) is 0. The molecule has 0 saturated carbocycles. The predicted molar refractivity (Wildman–Crippen MR) is 45.5 cm³/mol. The van der Waals surface area contributed by atoms with E-state index < -0.39 is 44.0 Å². The second-order valence-electron chi connectivity index (χ2n) is 2.63. The first-order valence-corrected chi connectivity index (χ1v) is 6.77. The zero-order chi connectivity index (χ0) is 11.7. The largest absolute Gasteiger partial charge is 0.467 e. The van der Waals surface area contributed by atoms with Crippen molar-refractivity contribution in [3.8, 4) is 0 Å². The molecule has 1 atom stereocenters. The summed E-state index contributed by atoms with van der Waals surface area (Å²) in [6.45, 7) is -0.714. The van der Waals surface area contributed by atoms with Crippen molar-refractivity contribution in [2.75, 3.05) is 18.8 Å². The van der Waals surface area contributed by atoms with E-state index in [1.54, 1.807) is 0 Å². The van der Waals surface area contributed by atoms with Crippen molar-refractivity contribution >= 4 is 26.2 Å². The third kappa shape index (κ3) is 3.41. The van der Waals surface area contributed by atoms with Crippen molar-refractivity contribution in [1.82, 2.24) is 0 Å². The van der Waals surface area contributed by atoms with E-state index in [9.17, 15) is 21.6 Å². The van der Waals surface area contributed by atoms with Crippen LogP contribution in [0.1, 0.15) is 0 Å². The molecule has 0 aliphatic carbocycles. The molecule has 10 heteroatoms. The number of esters is 1. The van der Waals surface area contributed by atoms with Gasteiger partial charge < -0.3 is 4.74 Å². The Morgan fingerprint density at radius 1 is 1.27 bits per heavy atom. The van der Waals surface area contributed by atoms with Crippen LogP contribution in [0.15, 0.2) is 0 Å². The highest BCUT2D eigenvalue weighted by Crippen LogP contribution is 2.13. The first-order valence-electron chi connectivity index (χ1n) is 3.62. The second-order valence-corrected chi connectivity index (χ2v) is 6.23. The van der Waals surface area contributed by atoms with Gasteiger partial charge in [-0.1, -0.05) is 0 Å². The van der Waals surface area contributed by atoms with Gasteiger partial charge in [0.2, 0.25) is 5.08 Å². The fourth-order valence-electron chi connectivity index (χ4n) is 0.848. The molecule has 1 rings (SSSR count). The first-order chi connectivity index (χ1) is 6.76. The van der Waals surface area contributed by atoms with Gasteiger partial charge in [-0.3, -0.25) is 8.37 Å². The van der Waals surface area contributed by atoms with E-state index in [0.29, 0.717) is 0 Å². The van der Waals surface area contributed by atoms with Gasteiger partial charge in [0.15, 0.2) is 6.10 Å². The third-order valence-corrected chi connectivity index (χ3v) is 4.74. The van der Waals surface area contributed by atoms with Gasteiger partial charge in [0.25, 0.3) is 20.2 Å². The van der Waals surface area contributed by atoms with Gasteiger partial charge in [-0.05, 0) is 0 Å². The first kappa shape index (κ1) is 12.4. The number of ether oxygens (including phenoxy) is 1. The average molecular weight is 260 g/mol. The maximum absolute atomic E-state index is 11.0. The number of carbonyl (C=O) groups is 1. The monoisotopic (exact) mass is 260 g/mol. The summed E-state index contributed by atoms with van der Waals surface area (Å²) in [7, 11) is -7.56. The third-order valence-electron chi connectivity index (χ3n) is 1.41. The predicted octanol–water partition coefficient (Wildman–Crippen LogP) is -1.81. The zero-order valence-electron chi connectivity index (χ0n) is 7.57. The van der Waals surface area contributed by atoms with Crippen LogP contribution >= 0.6 is 0 Å². The van der Waals surface area contributed by atoms with Crippen LogP contribution in [0, 0.1) is 0 Å². The number of hydrogen-bond acceptors (Lipinski definition) is 8. The Kier molecular flexibility index (Phi) is 3.33. The molecule has 0 radical (unpaired) electrons. The van der Waals surface area contributed by atoms with E-state index in [2.05, 4.69) is 13.1 Å². The molecule has 0 spiro atoms. The van der Waals surface area contributed by atoms with Crippen LogP contribution in [-0.4, -0.2) is 47.7 Å². The minimum absolute atomic E-state index is 0.714. The number of rotatable bonds is 1. The van der Waals surface area contributed by atoms with Crippen LogP contribution in [-0.2, 0) is 38.1 Å². The molecular weight excluding hydrogens is 252 g/mol. The lowest BCUT2D eigenvalue weighted by molar-refractivity contribution is -0.149. The van der Waals surface area contributed by atoms with Gasteiger partial charge >= 0.3 is 5.97 Å². The topological polar surface area (TPSA) is 113 Å². The molecule has 88 valence electrons. The van der Waals surface area contributed by atoms with Crippen molar-refractivity contribution in [3.05, 3.63) is 0 Å². The molecule has 1 fully saturated rings. The van der Waals surface area contributed by atoms with Crippen molar-refractivity contribution < 1.29 is 34.7 Å². The van der Waals surface area contributed by atoms with Crippen LogP contribution in [0.3, 0.4) is 0 Å². The minimum atomic E-state index is -4.34. The van der Waals surface area contributed by atoms with E-state index in [1.807, 2.05) is 0 Å². The normalized spacial score (nSPS) is 29.0. The lowest BCUT2D eigenvalue weighted by Crippen LogP contribution is -2.30. The Morgan fingerprint density at radius 2 is 1.87 bits per heavy atom. The summed E-state index contributed by atoms with van der Waals surface area (Å²) in [5.74, 6) is -1.02. The Hall–Kier alpha value is -0.710. The Bertz CT molecular complexity index is 445. The van der Waals surface area contributed by atoms with Gasteiger partial charge in [0, 0.05) is 0 Å². The van der Waals surface area contributed by atoms with Gasteiger partial charge in [0.1, 0.15) is 6.61 Å². The summed E-state index contributed by atoms with van der Waals surface area (Å²) in [6, 6.07) is 0. The van der Waals surface area contributed by atoms with Crippen LogP contribution in [0.2, 0.25) is 0 Å². The van der Waals surface area contributed by atoms with Crippen molar-refractivity contribution in [1.29, 1.82) is 0 Å². The van der Waals surface area contributed by atoms with Crippen LogP contribution in [0.5, 0.6) is 0 Å². The fourth-order valence-corrected chi connectivity index (χ4v) is 3.58. The molecule has 0 N–H and O–H groups in total. The number of hydrogen-bond donors (Lipinski definition) is 0. The highest BCUT2D eigenvalue weighted by molar-refractivity contribution is 8.03. The van der Waals surface area contributed by atoms with Crippen LogP contribution in [0.4, 0.5) is 0 Å². The van der Waals surface area contributed by atoms with Crippen molar-refractivity contribution in [2.45, 2.75) is 6.10 Å². The molecule has 1 aliphatic heterocycles. The van der Waals surface area contributed by atoms with E-state index in [1.165, 1.54) is 0 Å². The summed E-state index contributed by atoms with van der Waals surface area (Å²) in [4.78, 5) is 10.9. The molecule has 1 heterocycles. The molecular formula is C5H8O8S2. The zero-order valence-corrected chi connectivity index (χ0v) is 9.21. The second kappa shape index (κ2) is 4.04. The molecule has 1 saturated heterocycles. The van der Waals surface area contributed by atoms with Crippen LogP contribution in [0.25, 0.3) is 0 Å². The van der Waals surface area contributed by atoms with Gasteiger partial charge in [-0.2, -0.15) is 16.8 Å². The summed E-state index contributed by atoms with van der Waals surface area (Å²) >= 11 is 0. The quantitative estimate of drug-likeness (QED) is 0.400. The number of carbonyl (C=O) groups excluding carboxylic acids is 1. The van der Waals surface area contributed by atoms with E-state index in [0.717, 1.165) is 7.11 Å². The molecule has 0 bridgehead atoms. The maximum atomic E-state index is 11.0. The van der Waals surface area contributed by atoms with E-state index >= 15 is 0 Å². The van der Waals surface area contributed by atoms with Gasteiger partial charge in [-0.15, -0.1) is 0 Å². The Balaban J connectivity index is 2.98. The SMILES string of the molecule is COC(=O)C1COS(=O)(=O)CS(=O)(=O)O1. The van der Waals surface area contributed by atoms with Gasteiger partial charge in [-0.25, -0.2) is 4.79 Å². The smallest absolute Gasteiger partial charge is 0.339 e. The fraction of sp³-hybridized carbons (Fsp3) is 0.800. The highest BCUT2D eigenvalue weighted by atomic mass is 32.3. The summed E-state index contributed by atoms with van der Waals surface area (Å²) in [5, 5.41) is -1.31. The van der Waals surface area contributed by atoms with Crippen molar-refractivity contribution in [3.63, 3.8) is 0 Å².